The van der Waals surface area contributed by atoms with Crippen molar-refractivity contribution in [1.82, 2.24) is 29.6 Å². The largest absolute Gasteiger partial charge is 0.444 e. The van der Waals surface area contributed by atoms with Crippen molar-refractivity contribution in [3.63, 3.8) is 0 Å². The van der Waals surface area contributed by atoms with Crippen molar-refractivity contribution in [1.29, 1.82) is 0 Å². The van der Waals surface area contributed by atoms with E-state index in [1.165, 1.54) is 6.33 Å². The maximum atomic E-state index is 16.4. The van der Waals surface area contributed by atoms with Crippen LogP contribution in [-0.2, 0) is 9.47 Å². The number of amides is 1. The molecule has 1 amide bonds. The van der Waals surface area contributed by atoms with Crippen LogP contribution in [0.3, 0.4) is 0 Å². The molecule has 11 nitrogen and oxygen atoms in total. The number of rotatable bonds is 4. The fourth-order valence-electron chi connectivity index (χ4n) is 5.94. The van der Waals surface area contributed by atoms with Gasteiger partial charge in [-0.05, 0) is 58.6 Å². The van der Waals surface area contributed by atoms with Crippen LogP contribution < -0.4 is 4.90 Å². The monoisotopic (exact) mass is 620 g/mol. The Morgan fingerprint density at radius 3 is 2.75 bits per heavy atom. The molecule has 0 aliphatic carbocycles. The number of nitrogens with zero attached hydrogens (tertiary/aromatic N) is 8. The Bertz CT molecular complexity index is 1780. The minimum atomic E-state index is -0.658. The predicted molar refractivity (Wildman–Crippen MR) is 165 cm³/mol. The summed E-state index contributed by atoms with van der Waals surface area (Å²) in [6.07, 6.45) is 6.82. The first kappa shape index (κ1) is 30.0. The van der Waals surface area contributed by atoms with Crippen molar-refractivity contribution >= 4 is 45.3 Å². The van der Waals surface area contributed by atoms with Crippen molar-refractivity contribution in [3.05, 3.63) is 52.6 Å². The number of benzene rings is 1. The Balaban J connectivity index is 1.37. The molecule has 1 aromatic carbocycles. The molecule has 2 fully saturated rings. The fourth-order valence-corrected chi connectivity index (χ4v) is 6.19. The van der Waals surface area contributed by atoms with Crippen molar-refractivity contribution in [2.24, 2.45) is 0 Å². The highest BCUT2D eigenvalue weighted by atomic mass is 35.5. The Morgan fingerprint density at radius 1 is 1.20 bits per heavy atom. The maximum absolute atomic E-state index is 16.4. The average molecular weight is 621 g/mol. The van der Waals surface area contributed by atoms with Crippen LogP contribution in [0.5, 0.6) is 0 Å². The topological polar surface area (TPSA) is 103 Å². The molecule has 0 radical (unpaired) electrons. The minimum Gasteiger partial charge on any atom is -0.444 e. The van der Waals surface area contributed by atoms with Gasteiger partial charge in [0.25, 0.3) is 0 Å². The molecule has 230 valence electrons. The highest BCUT2D eigenvalue weighted by molar-refractivity contribution is 6.35. The Hall–Kier alpha value is -4.08. The molecule has 2 aliphatic rings. The summed E-state index contributed by atoms with van der Waals surface area (Å²) in [5.41, 5.74) is 1.54. The molecule has 2 saturated heterocycles. The molecular formula is C31H34ClFN8O3. The van der Waals surface area contributed by atoms with Crippen LogP contribution >= 0.6 is 11.6 Å². The van der Waals surface area contributed by atoms with Crippen molar-refractivity contribution in [3.8, 4) is 11.3 Å². The zero-order valence-electron chi connectivity index (χ0n) is 25.2. The third-order valence-electron chi connectivity index (χ3n) is 8.00. The standard InChI is InChI=1S/C31H34ClFN8O3/c1-18-12-22-20(15-38-41(22)23-8-6-7-11-43-23)24(25(18)32)28-26(33)27-21(14-35-28)29(37-17-36-27)39-9-10-40(19(16-39)13-34-5)30(42)44-31(2,3)4/h12,14-15,17,19,23H,6-11,13,16H2,1-4H3/t19-,23?/m0/s1. The highest BCUT2D eigenvalue weighted by Gasteiger charge is 2.36. The van der Waals surface area contributed by atoms with Gasteiger partial charge in [-0.15, -0.1) is 0 Å². The molecule has 0 N–H and O–H groups in total. The lowest BCUT2D eigenvalue weighted by molar-refractivity contribution is -0.0366. The molecule has 5 heterocycles. The van der Waals surface area contributed by atoms with Crippen LogP contribution in [-0.4, -0.2) is 80.2 Å². The molecule has 0 spiro atoms. The SMILES string of the molecule is [C-]#[N+]C[C@H]1CN(c2ncnc3c(F)c(-c4c(Cl)c(C)cc5c4cnn5C4CCCCO4)ncc23)CCN1C(=O)OC(C)(C)C. The second-order valence-electron chi connectivity index (χ2n) is 12.2. The van der Waals surface area contributed by atoms with E-state index in [-0.39, 0.29) is 24.0 Å². The summed E-state index contributed by atoms with van der Waals surface area (Å²) in [6, 6.07) is 1.52. The second-order valence-corrected chi connectivity index (χ2v) is 12.6. The lowest BCUT2D eigenvalue weighted by atomic mass is 10.0. The molecular weight excluding hydrogens is 587 g/mol. The number of ether oxygens (including phenoxy) is 2. The molecule has 2 aliphatic heterocycles. The van der Waals surface area contributed by atoms with E-state index in [1.54, 1.807) is 38.1 Å². The maximum Gasteiger partial charge on any atom is 0.410 e. The summed E-state index contributed by atoms with van der Waals surface area (Å²) in [4.78, 5) is 33.3. The van der Waals surface area contributed by atoms with Gasteiger partial charge in [0.15, 0.2) is 12.0 Å². The zero-order chi connectivity index (χ0) is 31.2. The molecule has 44 heavy (non-hydrogen) atoms. The number of aromatic nitrogens is 5. The van der Waals surface area contributed by atoms with E-state index in [2.05, 4.69) is 24.9 Å². The molecule has 1 unspecified atom stereocenters. The Kier molecular flexibility index (Phi) is 8.02. The number of hydrogen-bond donors (Lipinski definition) is 0. The predicted octanol–water partition coefficient (Wildman–Crippen LogP) is 6.19. The number of aryl methyl sites for hydroxylation is 1. The average Bonchev–Trinajstić information content (AvgIpc) is 3.41. The van der Waals surface area contributed by atoms with Crippen molar-refractivity contribution in [2.45, 2.75) is 64.8 Å². The number of piperazine rings is 1. The molecule has 13 heteroatoms. The van der Waals surface area contributed by atoms with Crippen LogP contribution in [0.15, 0.2) is 24.8 Å². The summed E-state index contributed by atoms with van der Waals surface area (Å²) >= 11 is 6.82. The van der Waals surface area contributed by atoms with Gasteiger partial charge in [-0.25, -0.2) is 30.4 Å². The van der Waals surface area contributed by atoms with Crippen LogP contribution in [0, 0.1) is 19.3 Å². The molecule has 0 saturated carbocycles. The first-order valence-electron chi connectivity index (χ1n) is 14.7. The Labute approximate surface area is 259 Å². The number of anilines is 1. The summed E-state index contributed by atoms with van der Waals surface area (Å²) in [5, 5.41) is 6.10. The summed E-state index contributed by atoms with van der Waals surface area (Å²) in [6.45, 7) is 16.6. The van der Waals surface area contributed by atoms with E-state index in [1.807, 2.05) is 22.6 Å². The van der Waals surface area contributed by atoms with Crippen LogP contribution in [0.2, 0.25) is 5.02 Å². The molecule has 2 atom stereocenters. The van der Waals surface area contributed by atoms with E-state index < -0.39 is 23.6 Å². The smallest absolute Gasteiger partial charge is 0.410 e. The van der Waals surface area contributed by atoms with Gasteiger partial charge in [-0.2, -0.15) is 5.10 Å². The van der Waals surface area contributed by atoms with Gasteiger partial charge in [-0.1, -0.05) is 11.6 Å². The number of fused-ring (bicyclic) bond motifs is 2. The normalized spacial score (nSPS) is 19.4. The molecule has 4 aromatic rings. The number of pyridine rings is 1. The van der Waals surface area contributed by atoms with Crippen LogP contribution in [0.25, 0.3) is 37.9 Å². The van der Waals surface area contributed by atoms with Crippen molar-refractivity contribution in [2.75, 3.05) is 37.7 Å². The van der Waals surface area contributed by atoms with Gasteiger partial charge in [0.05, 0.1) is 22.1 Å². The fraction of sp³-hybridized carbons (Fsp3) is 0.484. The van der Waals surface area contributed by atoms with Gasteiger partial charge < -0.3 is 19.2 Å². The number of carbonyl (C=O) groups excluding carboxylic acids is 1. The quantitative estimate of drug-likeness (QED) is 0.249. The highest BCUT2D eigenvalue weighted by Crippen LogP contribution is 2.41. The lowest BCUT2D eigenvalue weighted by Gasteiger charge is -2.40. The summed E-state index contributed by atoms with van der Waals surface area (Å²) in [7, 11) is 0. The van der Waals surface area contributed by atoms with Crippen molar-refractivity contribution < 1.29 is 18.7 Å². The van der Waals surface area contributed by atoms with Gasteiger partial charge in [0.1, 0.15) is 35.0 Å². The van der Waals surface area contributed by atoms with E-state index >= 15 is 4.39 Å². The number of carbonyl (C=O) groups is 1. The molecule has 3 aromatic heterocycles. The van der Waals surface area contributed by atoms with Crippen LogP contribution in [0.4, 0.5) is 15.0 Å². The number of hydrogen-bond acceptors (Lipinski definition) is 8. The molecule has 0 bridgehead atoms. The van der Waals surface area contributed by atoms with Gasteiger partial charge >= 0.3 is 6.09 Å². The zero-order valence-corrected chi connectivity index (χ0v) is 25.9. The first-order chi connectivity index (χ1) is 21.1. The lowest BCUT2D eigenvalue weighted by Crippen LogP contribution is -2.57. The van der Waals surface area contributed by atoms with E-state index in [9.17, 15) is 4.79 Å². The van der Waals surface area contributed by atoms with Gasteiger partial charge in [-0.3, -0.25) is 9.88 Å². The van der Waals surface area contributed by atoms with Gasteiger partial charge in [0.2, 0.25) is 6.54 Å². The minimum absolute atomic E-state index is 0.0746. The van der Waals surface area contributed by atoms with Gasteiger partial charge in [0, 0.05) is 43.4 Å². The third-order valence-corrected chi connectivity index (χ3v) is 8.49. The summed E-state index contributed by atoms with van der Waals surface area (Å²) in [5.74, 6) is -0.138. The number of halogens is 2. The second kappa shape index (κ2) is 11.8. The first-order valence-corrected chi connectivity index (χ1v) is 15.1. The van der Waals surface area contributed by atoms with Crippen LogP contribution in [0.1, 0.15) is 51.8 Å². The molecule has 6 rings (SSSR count). The van der Waals surface area contributed by atoms with E-state index in [0.717, 1.165) is 30.3 Å². The summed E-state index contributed by atoms with van der Waals surface area (Å²) < 4.78 is 29.8. The van der Waals surface area contributed by atoms with E-state index in [0.29, 0.717) is 53.4 Å². The third kappa shape index (κ3) is 5.50. The Morgan fingerprint density at radius 2 is 2.02 bits per heavy atom. The van der Waals surface area contributed by atoms with E-state index in [4.69, 9.17) is 27.6 Å².